The maximum absolute atomic E-state index is 13.2. The van der Waals surface area contributed by atoms with Gasteiger partial charge < -0.3 is 4.74 Å². The number of ether oxygens (including phenoxy) is 1. The van der Waals surface area contributed by atoms with Crippen LogP contribution in [0.15, 0.2) is 12.1 Å². The number of halogens is 3. The van der Waals surface area contributed by atoms with Gasteiger partial charge in [0.05, 0.1) is 6.26 Å². The Labute approximate surface area is 107 Å². The van der Waals surface area contributed by atoms with Crippen LogP contribution in [0, 0.1) is 17.5 Å². The molecule has 1 aromatic carbocycles. The van der Waals surface area contributed by atoms with E-state index in [-0.39, 0.29) is 0 Å². The highest BCUT2D eigenvalue weighted by Gasteiger charge is 2.20. The summed E-state index contributed by atoms with van der Waals surface area (Å²) in [4.78, 5) is 11.3. The lowest BCUT2D eigenvalue weighted by molar-refractivity contribution is 0.0442. The van der Waals surface area contributed by atoms with Crippen molar-refractivity contribution in [2.75, 3.05) is 19.5 Å². The smallest absolute Gasteiger partial charge is 0.344 e. The van der Waals surface area contributed by atoms with Gasteiger partial charge in [-0.05, 0) is 0 Å². The highest BCUT2D eigenvalue weighted by atomic mass is 32.2. The molecule has 5 nitrogen and oxygen atoms in total. The molecular weight excluding hydrogens is 289 g/mol. The maximum Gasteiger partial charge on any atom is 0.344 e. The Hall–Kier alpha value is -1.61. The van der Waals surface area contributed by atoms with Crippen molar-refractivity contribution in [3.63, 3.8) is 0 Å². The van der Waals surface area contributed by atoms with Crippen molar-refractivity contribution in [3.8, 4) is 0 Å². The van der Waals surface area contributed by atoms with Crippen LogP contribution in [-0.2, 0) is 19.0 Å². The normalized spacial score (nSPS) is 11.4. The van der Waals surface area contributed by atoms with Crippen LogP contribution in [0.25, 0.3) is 0 Å². The molecule has 0 radical (unpaired) electrons. The molecule has 0 saturated carbocycles. The minimum Gasteiger partial charge on any atom is -0.459 e. The third-order valence-electron chi connectivity index (χ3n) is 1.82. The van der Waals surface area contributed by atoms with Crippen LogP contribution in [0.5, 0.6) is 0 Å². The van der Waals surface area contributed by atoms with Crippen LogP contribution in [0.1, 0.15) is 10.4 Å². The van der Waals surface area contributed by atoms with Crippen LogP contribution < -0.4 is 0 Å². The van der Waals surface area contributed by atoms with Gasteiger partial charge in [-0.3, -0.25) is 4.18 Å². The minimum atomic E-state index is -3.70. The summed E-state index contributed by atoms with van der Waals surface area (Å²) >= 11 is 0. The summed E-state index contributed by atoms with van der Waals surface area (Å²) < 4.78 is 68.7. The predicted molar refractivity (Wildman–Crippen MR) is 57.4 cm³/mol. The second kappa shape index (κ2) is 6.02. The van der Waals surface area contributed by atoms with Gasteiger partial charge in [-0.1, -0.05) is 0 Å². The number of carbonyl (C=O) groups is 1. The van der Waals surface area contributed by atoms with Crippen molar-refractivity contribution in [2.24, 2.45) is 0 Å². The zero-order chi connectivity index (χ0) is 14.6. The van der Waals surface area contributed by atoms with E-state index in [4.69, 9.17) is 0 Å². The fourth-order valence-corrected chi connectivity index (χ4v) is 1.50. The summed E-state index contributed by atoms with van der Waals surface area (Å²) in [7, 11) is -3.70. The predicted octanol–water partition coefficient (Wildman–Crippen LogP) is 1.24. The first-order valence-electron chi connectivity index (χ1n) is 4.87. The van der Waals surface area contributed by atoms with E-state index in [9.17, 15) is 26.4 Å². The molecule has 0 bridgehead atoms. The topological polar surface area (TPSA) is 69.7 Å². The number of hydrogen-bond acceptors (Lipinski definition) is 5. The second-order valence-electron chi connectivity index (χ2n) is 3.41. The van der Waals surface area contributed by atoms with Crippen molar-refractivity contribution in [2.45, 2.75) is 0 Å². The van der Waals surface area contributed by atoms with Crippen LogP contribution in [0.3, 0.4) is 0 Å². The van der Waals surface area contributed by atoms with Crippen molar-refractivity contribution in [3.05, 3.63) is 35.1 Å². The van der Waals surface area contributed by atoms with Crippen LogP contribution in [0.4, 0.5) is 13.2 Å². The molecule has 0 spiro atoms. The summed E-state index contributed by atoms with van der Waals surface area (Å²) in [5, 5.41) is 0. The van der Waals surface area contributed by atoms with Gasteiger partial charge in [0.1, 0.15) is 36.2 Å². The van der Waals surface area contributed by atoms with E-state index in [1.54, 1.807) is 0 Å². The van der Waals surface area contributed by atoms with E-state index >= 15 is 0 Å². The van der Waals surface area contributed by atoms with E-state index < -0.39 is 52.3 Å². The Morgan fingerprint density at radius 1 is 1.16 bits per heavy atom. The summed E-state index contributed by atoms with van der Waals surface area (Å²) in [6.07, 6.45) is 0.786. The molecule has 9 heteroatoms. The van der Waals surface area contributed by atoms with Gasteiger partial charge in [0.15, 0.2) is 0 Å². The molecule has 0 aliphatic heterocycles. The second-order valence-corrected chi connectivity index (χ2v) is 5.05. The van der Waals surface area contributed by atoms with Gasteiger partial charge in [0.2, 0.25) is 0 Å². The molecule has 0 atom stereocenters. The quantitative estimate of drug-likeness (QED) is 0.465. The van der Waals surface area contributed by atoms with Gasteiger partial charge >= 0.3 is 5.97 Å². The van der Waals surface area contributed by atoms with Crippen molar-refractivity contribution in [1.82, 2.24) is 0 Å². The maximum atomic E-state index is 13.2. The SMILES string of the molecule is CS(=O)(=O)OCCOC(=O)c1c(F)cc(F)cc1F. The summed E-state index contributed by atoms with van der Waals surface area (Å²) in [6.45, 7) is -1.02. The number of carbonyl (C=O) groups excluding carboxylic acids is 1. The molecule has 0 fully saturated rings. The van der Waals surface area contributed by atoms with Crippen LogP contribution in [0.2, 0.25) is 0 Å². The average Bonchev–Trinajstić information content (AvgIpc) is 2.21. The van der Waals surface area contributed by atoms with Gasteiger partial charge in [-0.15, -0.1) is 0 Å². The first-order valence-corrected chi connectivity index (χ1v) is 6.68. The lowest BCUT2D eigenvalue weighted by Gasteiger charge is -2.06. The molecular formula is C10H9F3O5S. The van der Waals surface area contributed by atoms with Gasteiger partial charge in [-0.2, -0.15) is 8.42 Å². The molecule has 106 valence electrons. The molecule has 19 heavy (non-hydrogen) atoms. The summed E-state index contributed by atoms with van der Waals surface area (Å²) in [6, 6.07) is 0.652. The monoisotopic (exact) mass is 298 g/mol. The average molecular weight is 298 g/mol. The fraction of sp³-hybridized carbons (Fsp3) is 0.300. The number of esters is 1. The summed E-state index contributed by atoms with van der Waals surface area (Å²) in [5.41, 5.74) is -1.05. The van der Waals surface area contributed by atoms with Gasteiger partial charge in [0.25, 0.3) is 10.1 Å². The molecule has 0 aliphatic carbocycles. The highest BCUT2D eigenvalue weighted by molar-refractivity contribution is 7.85. The summed E-state index contributed by atoms with van der Waals surface area (Å²) in [5.74, 6) is -5.38. The van der Waals surface area contributed by atoms with Crippen molar-refractivity contribution >= 4 is 16.1 Å². The Morgan fingerprint density at radius 2 is 1.68 bits per heavy atom. The number of hydrogen-bond donors (Lipinski definition) is 0. The third kappa shape index (κ3) is 4.87. The first-order chi connectivity index (χ1) is 8.70. The highest BCUT2D eigenvalue weighted by Crippen LogP contribution is 2.15. The van der Waals surface area contributed by atoms with Crippen LogP contribution in [-0.4, -0.2) is 33.9 Å². The Bertz CT molecular complexity index is 562. The van der Waals surface area contributed by atoms with E-state index in [1.165, 1.54) is 0 Å². The molecule has 0 aliphatic rings. The molecule has 0 N–H and O–H groups in total. The molecule has 0 heterocycles. The molecule has 1 rings (SSSR count). The zero-order valence-electron chi connectivity index (χ0n) is 9.65. The van der Waals surface area contributed by atoms with E-state index in [1.807, 2.05) is 0 Å². The molecule has 0 saturated heterocycles. The molecule has 1 aromatic rings. The van der Waals surface area contributed by atoms with Crippen LogP contribution >= 0.6 is 0 Å². The lowest BCUT2D eigenvalue weighted by atomic mass is 10.2. The van der Waals surface area contributed by atoms with E-state index in [2.05, 4.69) is 8.92 Å². The fourth-order valence-electron chi connectivity index (χ4n) is 1.13. The zero-order valence-corrected chi connectivity index (χ0v) is 10.5. The van der Waals surface area contributed by atoms with Gasteiger partial charge in [-0.25, -0.2) is 18.0 Å². The number of rotatable bonds is 5. The molecule has 0 unspecified atom stereocenters. The van der Waals surface area contributed by atoms with E-state index in [0.29, 0.717) is 12.1 Å². The first kappa shape index (κ1) is 15.4. The largest absolute Gasteiger partial charge is 0.459 e. The molecule has 0 amide bonds. The van der Waals surface area contributed by atoms with Crippen molar-refractivity contribution < 1.29 is 35.3 Å². The minimum absolute atomic E-state index is 0.326. The molecule has 0 aromatic heterocycles. The Morgan fingerprint density at radius 3 is 2.16 bits per heavy atom. The lowest BCUT2D eigenvalue weighted by Crippen LogP contribution is -2.15. The number of benzene rings is 1. The Balaban J connectivity index is 2.65. The Kier molecular flexibility index (Phi) is 4.90. The third-order valence-corrected chi connectivity index (χ3v) is 2.42. The van der Waals surface area contributed by atoms with Gasteiger partial charge in [0, 0.05) is 12.1 Å². The van der Waals surface area contributed by atoms with Crippen molar-refractivity contribution in [1.29, 1.82) is 0 Å². The van der Waals surface area contributed by atoms with E-state index in [0.717, 1.165) is 6.26 Å². The standard InChI is InChI=1S/C10H9F3O5S/c1-19(15,16)18-3-2-17-10(14)9-7(12)4-6(11)5-8(9)13/h4-5H,2-3H2,1H3.